The number of nitrogens with zero attached hydrogens (tertiary/aromatic N) is 2. The molecule has 2 amide bonds. The molecule has 2 aromatic heterocycles. The Balaban J connectivity index is 1.61. The predicted octanol–water partition coefficient (Wildman–Crippen LogP) is 5.11. The maximum absolute atomic E-state index is 13.9. The molecule has 1 saturated carbocycles. The number of anilines is 1. The Bertz CT molecular complexity index is 1180. The summed E-state index contributed by atoms with van der Waals surface area (Å²) in [6.45, 7) is 6.32. The van der Waals surface area contributed by atoms with E-state index in [2.05, 4.69) is 5.32 Å². The lowest BCUT2D eigenvalue weighted by Gasteiger charge is -2.45. The Labute approximate surface area is 188 Å². The third-order valence-corrected chi connectivity index (χ3v) is 7.40. The Morgan fingerprint density at radius 1 is 1.12 bits per heavy atom. The molecule has 0 unspecified atom stereocenters. The molecule has 3 aromatic rings. The second-order valence-electron chi connectivity index (χ2n) is 9.58. The first-order chi connectivity index (χ1) is 15.4. The van der Waals surface area contributed by atoms with Gasteiger partial charge in [0.05, 0.1) is 18.3 Å². The van der Waals surface area contributed by atoms with Crippen LogP contribution in [0.5, 0.6) is 0 Å². The molecular formula is C26H31N3O3. The minimum Gasteiger partial charge on any atom is -0.463 e. The number of carbonyl (C=O) groups excluding carboxylic acids is 2. The summed E-state index contributed by atoms with van der Waals surface area (Å²) in [7, 11) is 0. The van der Waals surface area contributed by atoms with Crippen molar-refractivity contribution in [2.45, 2.75) is 77.4 Å². The summed E-state index contributed by atoms with van der Waals surface area (Å²) in [5.41, 5.74) is 3.91. The molecule has 1 fully saturated rings. The number of hydrogen-bond acceptors (Lipinski definition) is 3. The van der Waals surface area contributed by atoms with Gasteiger partial charge in [0.1, 0.15) is 11.2 Å². The molecular weight excluding hydrogens is 402 g/mol. The number of aromatic nitrogens is 1. The van der Waals surface area contributed by atoms with E-state index in [0.717, 1.165) is 48.0 Å². The fraction of sp³-hybridized carbons (Fsp3) is 0.462. The van der Waals surface area contributed by atoms with Gasteiger partial charge in [-0.2, -0.15) is 0 Å². The number of benzene rings is 1. The van der Waals surface area contributed by atoms with Gasteiger partial charge in [-0.3, -0.25) is 14.5 Å². The molecule has 1 aromatic carbocycles. The SMILES string of the molecule is Cc1cccc(N2C(=O)c3cc4occc4n3C[C@@]2(C)C(=O)NC2CCCCCC2)c1C. The van der Waals surface area contributed by atoms with E-state index >= 15 is 0 Å². The van der Waals surface area contributed by atoms with E-state index in [-0.39, 0.29) is 17.9 Å². The van der Waals surface area contributed by atoms with Gasteiger partial charge in [0.15, 0.2) is 5.58 Å². The Morgan fingerprint density at radius 3 is 2.62 bits per heavy atom. The van der Waals surface area contributed by atoms with E-state index in [1.807, 2.05) is 49.6 Å². The lowest BCUT2D eigenvalue weighted by molar-refractivity contribution is -0.127. The summed E-state index contributed by atoms with van der Waals surface area (Å²) in [5, 5.41) is 3.32. The monoisotopic (exact) mass is 433 g/mol. The Morgan fingerprint density at radius 2 is 1.88 bits per heavy atom. The van der Waals surface area contributed by atoms with Crippen LogP contribution in [0.4, 0.5) is 5.69 Å². The zero-order valence-electron chi connectivity index (χ0n) is 19.1. The molecule has 1 aliphatic carbocycles. The van der Waals surface area contributed by atoms with Crippen LogP contribution < -0.4 is 10.2 Å². The largest absolute Gasteiger partial charge is 0.463 e. The van der Waals surface area contributed by atoms with E-state index in [1.165, 1.54) is 12.8 Å². The molecule has 0 bridgehead atoms. The second-order valence-corrected chi connectivity index (χ2v) is 9.58. The first-order valence-electron chi connectivity index (χ1n) is 11.7. The van der Waals surface area contributed by atoms with Gasteiger partial charge in [-0.25, -0.2) is 0 Å². The molecule has 3 heterocycles. The summed E-state index contributed by atoms with van der Waals surface area (Å²) < 4.78 is 7.51. The number of fused-ring (bicyclic) bond motifs is 3. The first-order valence-corrected chi connectivity index (χ1v) is 11.7. The molecule has 6 heteroatoms. The quantitative estimate of drug-likeness (QED) is 0.584. The van der Waals surface area contributed by atoms with Crippen molar-refractivity contribution in [3.8, 4) is 0 Å². The second kappa shape index (κ2) is 7.84. The molecule has 6 nitrogen and oxygen atoms in total. The minimum atomic E-state index is -1.06. The number of amides is 2. The van der Waals surface area contributed by atoms with Crippen molar-refractivity contribution < 1.29 is 14.0 Å². The Kier molecular flexibility index (Phi) is 5.11. The van der Waals surface area contributed by atoms with Crippen LogP contribution in [0.15, 0.2) is 41.0 Å². The van der Waals surface area contributed by atoms with Gasteiger partial charge in [-0.05, 0) is 50.8 Å². The van der Waals surface area contributed by atoms with E-state index in [9.17, 15) is 9.59 Å². The number of hydrogen-bond donors (Lipinski definition) is 1. The van der Waals surface area contributed by atoms with Crippen molar-refractivity contribution in [2.24, 2.45) is 0 Å². The van der Waals surface area contributed by atoms with E-state index in [1.54, 1.807) is 17.2 Å². The molecule has 168 valence electrons. The summed E-state index contributed by atoms with van der Waals surface area (Å²) >= 11 is 0. The van der Waals surface area contributed by atoms with Crippen LogP contribution in [0.3, 0.4) is 0 Å². The number of carbonyl (C=O) groups is 2. The number of nitrogens with one attached hydrogen (secondary N) is 1. The fourth-order valence-electron chi connectivity index (χ4n) is 5.33. The molecule has 0 radical (unpaired) electrons. The van der Waals surface area contributed by atoms with Crippen LogP contribution in [0, 0.1) is 13.8 Å². The van der Waals surface area contributed by atoms with Crippen LogP contribution in [-0.4, -0.2) is 28.0 Å². The Hall–Kier alpha value is -3.02. The maximum atomic E-state index is 13.9. The number of rotatable bonds is 3. The first kappa shape index (κ1) is 20.9. The smallest absolute Gasteiger partial charge is 0.276 e. The van der Waals surface area contributed by atoms with E-state index in [0.29, 0.717) is 17.8 Å². The van der Waals surface area contributed by atoms with E-state index in [4.69, 9.17) is 4.42 Å². The summed E-state index contributed by atoms with van der Waals surface area (Å²) in [6, 6.07) is 9.75. The van der Waals surface area contributed by atoms with Crippen molar-refractivity contribution in [1.82, 2.24) is 9.88 Å². The maximum Gasteiger partial charge on any atom is 0.276 e. The van der Waals surface area contributed by atoms with Gasteiger partial charge >= 0.3 is 0 Å². The summed E-state index contributed by atoms with van der Waals surface area (Å²) in [4.78, 5) is 29.5. The van der Waals surface area contributed by atoms with Crippen molar-refractivity contribution in [2.75, 3.05) is 4.90 Å². The van der Waals surface area contributed by atoms with Gasteiger partial charge < -0.3 is 14.3 Å². The normalized spacial score (nSPS) is 22.1. The highest BCUT2D eigenvalue weighted by atomic mass is 16.3. The molecule has 1 atom stereocenters. The van der Waals surface area contributed by atoms with E-state index < -0.39 is 5.54 Å². The molecule has 1 N–H and O–H groups in total. The fourth-order valence-corrected chi connectivity index (χ4v) is 5.33. The highest BCUT2D eigenvalue weighted by molar-refractivity contribution is 6.14. The van der Waals surface area contributed by atoms with Crippen LogP contribution in [0.2, 0.25) is 0 Å². The standard InChI is InChI=1S/C26H31N3O3/c1-17-9-8-12-20(18(17)2)29-24(30)22-15-23-21(13-14-32-23)28(22)16-26(29,3)25(31)27-19-10-6-4-5-7-11-19/h8-9,12-15,19H,4-7,10-11,16H2,1-3H3,(H,27,31)/t26-/m0/s1. The van der Waals surface area contributed by atoms with Crippen LogP contribution in [-0.2, 0) is 11.3 Å². The average molecular weight is 434 g/mol. The highest BCUT2D eigenvalue weighted by Crippen LogP contribution is 2.38. The lowest BCUT2D eigenvalue weighted by atomic mass is 9.91. The van der Waals surface area contributed by atoms with Gasteiger partial charge in [-0.15, -0.1) is 0 Å². The molecule has 5 rings (SSSR count). The number of furan rings is 1. The van der Waals surface area contributed by atoms with Gasteiger partial charge in [0.2, 0.25) is 5.91 Å². The number of aryl methyl sites for hydroxylation is 1. The van der Waals surface area contributed by atoms with Gasteiger partial charge in [0.25, 0.3) is 5.91 Å². The van der Waals surface area contributed by atoms with Crippen molar-refractivity contribution in [1.29, 1.82) is 0 Å². The van der Waals surface area contributed by atoms with Crippen LogP contribution >= 0.6 is 0 Å². The predicted molar refractivity (Wildman–Crippen MR) is 125 cm³/mol. The van der Waals surface area contributed by atoms with Crippen molar-refractivity contribution >= 4 is 28.6 Å². The molecule has 1 aliphatic heterocycles. The molecule has 2 aliphatic rings. The van der Waals surface area contributed by atoms with Crippen LogP contribution in [0.1, 0.15) is 67.1 Å². The molecule has 0 spiro atoms. The molecule has 0 saturated heterocycles. The average Bonchev–Trinajstić information content (AvgIpc) is 3.26. The van der Waals surface area contributed by atoms with Crippen molar-refractivity contribution in [3.05, 3.63) is 53.4 Å². The zero-order chi connectivity index (χ0) is 22.5. The topological polar surface area (TPSA) is 67.5 Å². The van der Waals surface area contributed by atoms with Crippen molar-refractivity contribution in [3.63, 3.8) is 0 Å². The zero-order valence-corrected chi connectivity index (χ0v) is 19.1. The summed E-state index contributed by atoms with van der Waals surface area (Å²) in [6.07, 6.45) is 8.35. The van der Waals surface area contributed by atoms with Crippen LogP contribution in [0.25, 0.3) is 11.1 Å². The third kappa shape index (κ3) is 3.24. The summed E-state index contributed by atoms with van der Waals surface area (Å²) in [5.74, 6) is -0.260. The third-order valence-electron chi connectivity index (χ3n) is 7.40. The molecule has 32 heavy (non-hydrogen) atoms. The van der Waals surface area contributed by atoms with Gasteiger partial charge in [-0.1, -0.05) is 37.8 Å². The minimum absolute atomic E-state index is 0.0883. The highest BCUT2D eigenvalue weighted by Gasteiger charge is 2.49. The lowest BCUT2D eigenvalue weighted by Crippen LogP contribution is -2.65. The van der Waals surface area contributed by atoms with Gasteiger partial charge in [0, 0.05) is 23.9 Å².